The zero-order valence-electron chi connectivity index (χ0n) is 17.2. The third kappa shape index (κ3) is 3.87. The average Bonchev–Trinajstić information content (AvgIpc) is 3.11. The van der Waals surface area contributed by atoms with Crippen LogP contribution in [0.15, 0.2) is 109 Å². The minimum Gasteiger partial charge on any atom is -0.360 e. The van der Waals surface area contributed by atoms with Crippen molar-refractivity contribution in [2.45, 2.75) is 0 Å². The van der Waals surface area contributed by atoms with Gasteiger partial charge in [0.25, 0.3) is 0 Å². The summed E-state index contributed by atoms with van der Waals surface area (Å²) in [6, 6.07) is 27.5. The Kier molecular flexibility index (Phi) is 6.00. The van der Waals surface area contributed by atoms with Crippen molar-refractivity contribution < 1.29 is 4.70 Å². The van der Waals surface area contributed by atoms with E-state index in [0.717, 1.165) is 50.7 Å². The molecule has 6 rings (SSSR count). The number of hydrogen-bond donors (Lipinski definition) is 2. The number of fused-ring (bicyclic) bond motifs is 3. The molecule has 0 aliphatic carbocycles. The highest BCUT2D eigenvalue weighted by atomic mass is 19.0. The van der Waals surface area contributed by atoms with Crippen LogP contribution in [-0.4, -0.2) is 13.4 Å². The Morgan fingerprint density at radius 1 is 0.727 bits per heavy atom. The van der Waals surface area contributed by atoms with Crippen molar-refractivity contribution in [1.82, 2.24) is 10.3 Å². The van der Waals surface area contributed by atoms with Crippen LogP contribution in [-0.2, 0) is 0 Å². The minimum absolute atomic E-state index is 0. The molecule has 162 valence electrons. The van der Waals surface area contributed by atoms with Crippen molar-refractivity contribution in [3.8, 4) is 0 Å². The molecule has 2 N–H and O–H groups in total. The highest BCUT2D eigenvalue weighted by Gasteiger charge is 2.23. The van der Waals surface area contributed by atoms with Crippen LogP contribution in [0.25, 0.3) is 16.6 Å². The summed E-state index contributed by atoms with van der Waals surface area (Å²) in [6.45, 7) is 0. The van der Waals surface area contributed by atoms with Crippen molar-refractivity contribution in [2.75, 3.05) is 10.2 Å². The number of hydrogen-bond acceptors (Lipinski definition) is 4. The Morgan fingerprint density at radius 3 is 2.21 bits per heavy atom. The second-order valence-corrected chi connectivity index (χ2v) is 7.54. The van der Waals surface area contributed by atoms with Crippen molar-refractivity contribution in [2.24, 2.45) is 0 Å². The summed E-state index contributed by atoms with van der Waals surface area (Å²) in [5.41, 5.74) is 8.46. The topological polar surface area (TPSA) is 40.2 Å². The number of allylic oxidation sites excluding steroid dienone is 4. The predicted octanol–water partition coefficient (Wildman–Crippen LogP) is 5.74. The van der Waals surface area contributed by atoms with Gasteiger partial charge in [-0.15, -0.1) is 0 Å². The van der Waals surface area contributed by atoms with Gasteiger partial charge in [0.05, 0.1) is 48.1 Å². The Hall–Kier alpha value is -4.32. The van der Waals surface area contributed by atoms with Crippen molar-refractivity contribution in [1.29, 1.82) is 0 Å². The number of aromatic nitrogens is 1. The van der Waals surface area contributed by atoms with Crippen LogP contribution in [0.4, 0.5) is 33.1 Å². The van der Waals surface area contributed by atoms with Crippen molar-refractivity contribution in [3.05, 3.63) is 115 Å². The molecule has 0 fully saturated rings. The molecular weight excluding hydrogens is 410 g/mol. The SMILES string of the molecule is B.C1=CC=C(c2ccc3cc(N4c5ccccc5Nc5ccccc54)ccc3n2)NC=C1.F. The second-order valence-electron chi connectivity index (χ2n) is 7.54. The fourth-order valence-electron chi connectivity index (χ4n) is 4.12. The highest BCUT2D eigenvalue weighted by Crippen LogP contribution is 2.47. The quantitative estimate of drug-likeness (QED) is 0.348. The molecule has 33 heavy (non-hydrogen) atoms. The van der Waals surface area contributed by atoms with Crippen LogP contribution in [0.3, 0.4) is 0 Å². The molecule has 6 heteroatoms. The number of pyridine rings is 1. The number of halogens is 1. The average molecular weight is 434 g/mol. The maximum absolute atomic E-state index is 4.89. The highest BCUT2D eigenvalue weighted by molar-refractivity contribution is 5.98. The van der Waals surface area contributed by atoms with Gasteiger partial charge in [-0.05, 0) is 60.7 Å². The van der Waals surface area contributed by atoms with E-state index in [1.807, 2.05) is 30.5 Å². The Labute approximate surface area is 193 Å². The van der Waals surface area contributed by atoms with E-state index in [2.05, 4.69) is 94.4 Å². The normalized spacial score (nSPS) is 13.3. The van der Waals surface area contributed by atoms with Gasteiger partial charge in [-0.2, -0.15) is 0 Å². The summed E-state index contributed by atoms with van der Waals surface area (Å²) in [7, 11) is 0. The van der Waals surface area contributed by atoms with Crippen LogP contribution in [0, 0.1) is 0 Å². The van der Waals surface area contributed by atoms with Crippen LogP contribution in [0.2, 0.25) is 0 Å². The molecule has 0 spiro atoms. The largest absolute Gasteiger partial charge is 0.360 e. The van der Waals surface area contributed by atoms with E-state index in [1.54, 1.807) is 0 Å². The zero-order chi connectivity index (χ0) is 20.6. The third-order valence-corrected chi connectivity index (χ3v) is 5.59. The summed E-state index contributed by atoms with van der Waals surface area (Å²) in [5, 5.41) is 7.94. The number of para-hydroxylation sites is 4. The molecule has 4 nitrogen and oxygen atoms in total. The first kappa shape index (κ1) is 21.9. The van der Waals surface area contributed by atoms with Crippen molar-refractivity contribution >= 4 is 53.4 Å². The van der Waals surface area contributed by atoms with Gasteiger partial charge in [0.2, 0.25) is 0 Å². The van der Waals surface area contributed by atoms with Gasteiger partial charge < -0.3 is 15.5 Å². The van der Waals surface area contributed by atoms with Gasteiger partial charge in [0.1, 0.15) is 0 Å². The molecule has 2 aliphatic heterocycles. The van der Waals surface area contributed by atoms with E-state index in [9.17, 15) is 0 Å². The Bertz CT molecular complexity index is 1360. The smallest absolute Gasteiger partial charge is 0.0872 e. The molecule has 1 aromatic heterocycles. The van der Waals surface area contributed by atoms with E-state index >= 15 is 0 Å². The first-order valence-electron chi connectivity index (χ1n) is 10.3. The van der Waals surface area contributed by atoms with Gasteiger partial charge in [0, 0.05) is 17.3 Å². The first-order valence-corrected chi connectivity index (χ1v) is 10.3. The van der Waals surface area contributed by atoms with Crippen LogP contribution in [0.5, 0.6) is 0 Å². The molecule has 0 unspecified atom stereocenters. The summed E-state index contributed by atoms with van der Waals surface area (Å²) in [6.07, 6.45) is 9.94. The number of benzene rings is 3. The van der Waals surface area contributed by atoms with Gasteiger partial charge in [0.15, 0.2) is 0 Å². The fourth-order valence-corrected chi connectivity index (χ4v) is 4.12. The number of rotatable bonds is 2. The summed E-state index contributed by atoms with van der Waals surface area (Å²) in [4.78, 5) is 7.19. The third-order valence-electron chi connectivity index (χ3n) is 5.59. The molecule has 3 aromatic carbocycles. The monoisotopic (exact) mass is 434 g/mol. The molecule has 0 radical (unpaired) electrons. The molecule has 0 bridgehead atoms. The number of anilines is 5. The fraction of sp³-hybridized carbons (Fsp3) is 0. The summed E-state index contributed by atoms with van der Waals surface area (Å²) in [5.74, 6) is 0. The summed E-state index contributed by atoms with van der Waals surface area (Å²) >= 11 is 0. The maximum Gasteiger partial charge on any atom is 0.0872 e. The van der Waals surface area contributed by atoms with E-state index in [4.69, 9.17) is 4.98 Å². The molecule has 0 atom stereocenters. The standard InChI is InChI=1S/C27H20N4.BH3.FH/c1-2-8-22(28-17-7-1)23-15-13-19-18-20(14-16-21(19)29-23)31-26-11-5-3-9-24(26)30-25-10-4-6-12-27(25)31;;/h1-18,28,30H;1H3;1H. The van der Waals surface area contributed by atoms with Gasteiger partial charge in [-0.1, -0.05) is 42.5 Å². The molecule has 4 aromatic rings. The molecule has 2 aliphatic rings. The molecule has 3 heterocycles. The number of nitrogens with zero attached hydrogens (tertiary/aromatic N) is 2. The van der Waals surface area contributed by atoms with Gasteiger partial charge in [-0.3, -0.25) is 4.70 Å². The lowest BCUT2D eigenvalue weighted by Gasteiger charge is -2.34. The van der Waals surface area contributed by atoms with Crippen LogP contribution in [0.1, 0.15) is 5.69 Å². The van der Waals surface area contributed by atoms with Gasteiger partial charge >= 0.3 is 0 Å². The van der Waals surface area contributed by atoms with E-state index < -0.39 is 0 Å². The van der Waals surface area contributed by atoms with Crippen LogP contribution >= 0.6 is 0 Å². The van der Waals surface area contributed by atoms with E-state index in [0.29, 0.717) is 0 Å². The Morgan fingerprint density at radius 2 is 1.45 bits per heavy atom. The Balaban J connectivity index is 0.00000130. The van der Waals surface area contributed by atoms with Gasteiger partial charge in [-0.25, -0.2) is 4.98 Å². The maximum atomic E-state index is 4.89. The van der Waals surface area contributed by atoms with E-state index in [-0.39, 0.29) is 13.1 Å². The molecule has 0 saturated carbocycles. The first-order chi connectivity index (χ1) is 15.4. The van der Waals surface area contributed by atoms with Crippen molar-refractivity contribution in [3.63, 3.8) is 0 Å². The van der Waals surface area contributed by atoms with Crippen LogP contribution < -0.4 is 15.5 Å². The second kappa shape index (κ2) is 9.05. The predicted molar refractivity (Wildman–Crippen MR) is 142 cm³/mol. The lowest BCUT2D eigenvalue weighted by Crippen LogP contribution is -2.17. The van der Waals surface area contributed by atoms with E-state index in [1.165, 1.54) is 0 Å². The number of nitrogens with one attached hydrogen (secondary N) is 2. The molecule has 0 saturated heterocycles. The molecule has 0 amide bonds. The lowest BCUT2D eigenvalue weighted by atomic mass is 10.1. The minimum atomic E-state index is 0. The summed E-state index contributed by atoms with van der Waals surface area (Å²) < 4.78 is 0. The molecular formula is C27H24BFN4. The lowest BCUT2D eigenvalue weighted by molar-refractivity contribution is 1.11. The zero-order valence-corrected chi connectivity index (χ0v) is 17.2.